The minimum Gasteiger partial charge on any atom is -0.465 e. The second kappa shape index (κ2) is 5.63. The van der Waals surface area contributed by atoms with Crippen LogP contribution in [0.1, 0.15) is 27.0 Å². The maximum Gasteiger partial charge on any atom is 0.416 e. The molecule has 0 spiro atoms. The number of aliphatic imine (C=N–C) groups is 1. The molecular formula is C16H11F3N2O3. The van der Waals surface area contributed by atoms with Gasteiger partial charge in [0.1, 0.15) is 0 Å². The summed E-state index contributed by atoms with van der Waals surface area (Å²) in [5.74, 6) is -0.704. The molecular weight excluding hydrogens is 325 g/mol. The van der Waals surface area contributed by atoms with E-state index in [2.05, 4.69) is 14.7 Å². The van der Waals surface area contributed by atoms with Gasteiger partial charge in [0, 0.05) is 23.5 Å². The molecule has 0 amide bonds. The van der Waals surface area contributed by atoms with Crippen LogP contribution in [0.5, 0.6) is 0 Å². The van der Waals surface area contributed by atoms with E-state index in [0.29, 0.717) is 11.1 Å². The van der Waals surface area contributed by atoms with E-state index in [1.807, 2.05) is 0 Å². The quantitative estimate of drug-likeness (QED) is 0.857. The highest BCUT2D eigenvalue weighted by atomic mass is 19.4. The number of fused-ring (bicyclic) bond motifs is 1. The van der Waals surface area contributed by atoms with Crippen molar-refractivity contribution >= 4 is 12.2 Å². The fourth-order valence-electron chi connectivity index (χ4n) is 2.54. The van der Waals surface area contributed by atoms with Gasteiger partial charge in [0.25, 0.3) is 5.56 Å². The van der Waals surface area contributed by atoms with Crippen LogP contribution in [0, 0.1) is 0 Å². The van der Waals surface area contributed by atoms with Crippen molar-refractivity contribution in [3.63, 3.8) is 0 Å². The third-order valence-electron chi connectivity index (χ3n) is 3.69. The number of aromatic amines is 1. The number of aromatic nitrogens is 1. The number of halogens is 3. The van der Waals surface area contributed by atoms with E-state index < -0.39 is 23.3 Å². The molecule has 0 radical (unpaired) electrons. The highest BCUT2D eigenvalue weighted by molar-refractivity contribution is 5.96. The molecule has 1 aromatic carbocycles. The molecule has 0 fully saturated rings. The molecule has 0 saturated carbocycles. The molecule has 0 atom stereocenters. The monoisotopic (exact) mass is 336 g/mol. The smallest absolute Gasteiger partial charge is 0.416 e. The van der Waals surface area contributed by atoms with Crippen LogP contribution in [-0.4, -0.2) is 24.3 Å². The van der Waals surface area contributed by atoms with Crippen LogP contribution in [-0.2, 0) is 17.5 Å². The van der Waals surface area contributed by atoms with Gasteiger partial charge in [0.05, 0.1) is 24.8 Å². The minimum atomic E-state index is -4.56. The first-order valence-corrected chi connectivity index (χ1v) is 6.86. The van der Waals surface area contributed by atoms with Gasteiger partial charge in [-0.2, -0.15) is 13.2 Å². The molecule has 2 heterocycles. The SMILES string of the molecule is COC(=O)c1c[nH]c(=O)c(-c2cc(C(F)(F)F)cc3c2C=NC3)c1. The summed E-state index contributed by atoms with van der Waals surface area (Å²) in [5.41, 5.74) is -0.595. The van der Waals surface area contributed by atoms with Crippen LogP contribution in [0.15, 0.2) is 34.2 Å². The number of hydrogen-bond acceptors (Lipinski definition) is 4. The Hall–Kier alpha value is -2.90. The van der Waals surface area contributed by atoms with Gasteiger partial charge in [-0.05, 0) is 29.3 Å². The zero-order chi connectivity index (χ0) is 17.5. The summed E-state index contributed by atoms with van der Waals surface area (Å²) in [7, 11) is 1.17. The number of hydrogen-bond donors (Lipinski definition) is 1. The first-order valence-electron chi connectivity index (χ1n) is 6.86. The molecule has 0 saturated heterocycles. The van der Waals surface area contributed by atoms with Gasteiger partial charge in [-0.1, -0.05) is 0 Å². The van der Waals surface area contributed by atoms with Crippen LogP contribution >= 0.6 is 0 Å². The highest BCUT2D eigenvalue weighted by Crippen LogP contribution is 2.36. The normalized spacial score (nSPS) is 13.0. The number of H-pyrrole nitrogens is 1. The van der Waals surface area contributed by atoms with Crippen LogP contribution in [0.25, 0.3) is 11.1 Å². The van der Waals surface area contributed by atoms with Crippen LogP contribution in [0.4, 0.5) is 13.2 Å². The number of ether oxygens (including phenoxy) is 1. The van der Waals surface area contributed by atoms with Gasteiger partial charge in [0.2, 0.25) is 0 Å². The zero-order valence-electron chi connectivity index (χ0n) is 12.4. The molecule has 0 aliphatic carbocycles. The Balaban J connectivity index is 2.26. The van der Waals surface area contributed by atoms with Gasteiger partial charge < -0.3 is 9.72 Å². The highest BCUT2D eigenvalue weighted by Gasteiger charge is 2.33. The Morgan fingerprint density at radius 1 is 1.25 bits per heavy atom. The summed E-state index contributed by atoms with van der Waals surface area (Å²) in [6, 6.07) is 3.12. The molecule has 1 aliphatic rings. The van der Waals surface area contributed by atoms with E-state index in [9.17, 15) is 22.8 Å². The van der Waals surface area contributed by atoms with Gasteiger partial charge in [-0.3, -0.25) is 9.79 Å². The summed E-state index contributed by atoms with van der Waals surface area (Å²) < 4.78 is 43.9. The molecule has 1 aliphatic heterocycles. The maximum absolute atomic E-state index is 13.1. The van der Waals surface area contributed by atoms with Crippen molar-refractivity contribution in [1.82, 2.24) is 4.98 Å². The molecule has 2 aromatic rings. The summed E-state index contributed by atoms with van der Waals surface area (Å²) in [6.07, 6.45) is -1.98. The van der Waals surface area contributed by atoms with Gasteiger partial charge in [-0.25, -0.2) is 4.79 Å². The van der Waals surface area contributed by atoms with E-state index in [4.69, 9.17) is 0 Å². The van der Waals surface area contributed by atoms with Crippen molar-refractivity contribution in [3.05, 3.63) is 57.0 Å². The Kier molecular flexibility index (Phi) is 3.75. The number of benzene rings is 1. The molecule has 24 heavy (non-hydrogen) atoms. The number of nitrogens with zero attached hydrogens (tertiary/aromatic N) is 1. The van der Waals surface area contributed by atoms with Crippen LogP contribution in [0.3, 0.4) is 0 Å². The third kappa shape index (κ3) is 2.70. The number of esters is 1. The number of carbonyl (C=O) groups is 1. The zero-order valence-corrected chi connectivity index (χ0v) is 12.4. The van der Waals surface area contributed by atoms with E-state index in [1.165, 1.54) is 19.4 Å². The van der Waals surface area contributed by atoms with E-state index in [0.717, 1.165) is 18.3 Å². The lowest BCUT2D eigenvalue weighted by atomic mass is 9.94. The van der Waals surface area contributed by atoms with Crippen molar-refractivity contribution in [2.75, 3.05) is 7.11 Å². The lowest BCUT2D eigenvalue weighted by Crippen LogP contribution is -2.14. The average Bonchev–Trinajstić information content (AvgIpc) is 3.01. The largest absolute Gasteiger partial charge is 0.465 e. The number of alkyl halides is 3. The predicted octanol–water partition coefficient (Wildman–Crippen LogP) is 2.78. The first kappa shape index (κ1) is 16.0. The lowest BCUT2D eigenvalue weighted by Gasteiger charge is -2.13. The minimum absolute atomic E-state index is 0.0354. The number of methoxy groups -OCH3 is 1. The van der Waals surface area contributed by atoms with Gasteiger partial charge >= 0.3 is 12.1 Å². The Labute approximate surface area is 133 Å². The summed E-state index contributed by atoms with van der Waals surface area (Å²) in [6.45, 7) is 0.112. The van der Waals surface area contributed by atoms with Crippen molar-refractivity contribution in [3.8, 4) is 11.1 Å². The number of carbonyl (C=O) groups excluding carboxylic acids is 1. The van der Waals surface area contributed by atoms with Crippen molar-refractivity contribution in [2.24, 2.45) is 4.99 Å². The first-order chi connectivity index (χ1) is 11.3. The number of pyridine rings is 1. The Morgan fingerprint density at radius 3 is 2.67 bits per heavy atom. The molecule has 3 rings (SSSR count). The van der Waals surface area contributed by atoms with Crippen molar-refractivity contribution < 1.29 is 22.7 Å². The Bertz CT molecular complexity index is 914. The maximum atomic E-state index is 13.1. The van der Waals surface area contributed by atoms with E-state index in [1.54, 1.807) is 0 Å². The summed E-state index contributed by atoms with van der Waals surface area (Å²) >= 11 is 0. The van der Waals surface area contributed by atoms with Crippen LogP contribution in [0.2, 0.25) is 0 Å². The van der Waals surface area contributed by atoms with E-state index in [-0.39, 0.29) is 23.2 Å². The topological polar surface area (TPSA) is 71.5 Å². The number of nitrogens with one attached hydrogen (secondary N) is 1. The standard InChI is InChI=1S/C16H11F3N2O3/c1-24-15(23)9-3-12(14(22)21-6-9)11-4-10(16(17,18)19)2-8-5-20-7-13(8)11/h2-4,6-7H,5H2,1H3,(H,21,22). The second-order valence-electron chi connectivity index (χ2n) is 5.19. The molecule has 8 heteroatoms. The fraction of sp³-hybridized carbons (Fsp3) is 0.188. The molecule has 0 unspecified atom stereocenters. The fourth-order valence-corrected chi connectivity index (χ4v) is 2.54. The average molecular weight is 336 g/mol. The second-order valence-corrected chi connectivity index (χ2v) is 5.19. The summed E-state index contributed by atoms with van der Waals surface area (Å²) in [5, 5.41) is 0. The summed E-state index contributed by atoms with van der Waals surface area (Å²) in [4.78, 5) is 30.0. The molecule has 1 aromatic heterocycles. The Morgan fingerprint density at radius 2 is 2.00 bits per heavy atom. The van der Waals surface area contributed by atoms with Gasteiger partial charge in [0.15, 0.2) is 0 Å². The molecule has 0 bridgehead atoms. The molecule has 124 valence electrons. The predicted molar refractivity (Wildman–Crippen MR) is 80.1 cm³/mol. The number of rotatable bonds is 2. The van der Waals surface area contributed by atoms with E-state index >= 15 is 0 Å². The van der Waals surface area contributed by atoms with Crippen LogP contribution < -0.4 is 5.56 Å². The van der Waals surface area contributed by atoms with Crippen molar-refractivity contribution in [2.45, 2.75) is 12.7 Å². The lowest BCUT2D eigenvalue weighted by molar-refractivity contribution is -0.137. The third-order valence-corrected chi connectivity index (χ3v) is 3.69. The van der Waals surface area contributed by atoms with Gasteiger partial charge in [-0.15, -0.1) is 0 Å². The molecule has 5 nitrogen and oxygen atoms in total. The molecule has 1 N–H and O–H groups in total. The van der Waals surface area contributed by atoms with Crippen molar-refractivity contribution in [1.29, 1.82) is 0 Å².